The molecule has 4 heteroatoms. The number of anilines is 1. The SMILES string of the molecule is CCC(CC)(CO)CNc1ccc(Cl)c(OC)c1. The van der Waals surface area contributed by atoms with Gasteiger partial charge in [0.1, 0.15) is 5.75 Å². The van der Waals surface area contributed by atoms with Crippen molar-refractivity contribution in [1.29, 1.82) is 0 Å². The molecule has 0 spiro atoms. The van der Waals surface area contributed by atoms with Gasteiger partial charge in [-0.05, 0) is 25.0 Å². The van der Waals surface area contributed by atoms with Gasteiger partial charge in [0.2, 0.25) is 0 Å². The highest BCUT2D eigenvalue weighted by Gasteiger charge is 2.24. The van der Waals surface area contributed by atoms with Gasteiger partial charge < -0.3 is 15.2 Å². The highest BCUT2D eigenvalue weighted by atomic mass is 35.5. The lowest BCUT2D eigenvalue weighted by Gasteiger charge is -2.30. The highest BCUT2D eigenvalue weighted by Crippen LogP contribution is 2.30. The van der Waals surface area contributed by atoms with Crippen LogP contribution in [0.4, 0.5) is 5.69 Å². The van der Waals surface area contributed by atoms with Crippen LogP contribution in [0.3, 0.4) is 0 Å². The van der Waals surface area contributed by atoms with Gasteiger partial charge in [0.05, 0.1) is 18.7 Å². The normalized spacial score (nSPS) is 11.4. The molecule has 0 aliphatic carbocycles. The minimum absolute atomic E-state index is 0.0626. The van der Waals surface area contributed by atoms with Crippen LogP contribution in [0, 0.1) is 5.41 Å². The zero-order valence-electron chi connectivity index (χ0n) is 11.3. The minimum atomic E-state index is -0.0626. The number of nitrogens with one attached hydrogen (secondary N) is 1. The lowest BCUT2D eigenvalue weighted by atomic mass is 9.83. The molecule has 0 aliphatic heterocycles. The summed E-state index contributed by atoms with van der Waals surface area (Å²) in [5.41, 5.74) is 0.892. The Labute approximate surface area is 114 Å². The number of methoxy groups -OCH3 is 1. The van der Waals surface area contributed by atoms with Crippen LogP contribution in [0.25, 0.3) is 0 Å². The predicted molar refractivity (Wildman–Crippen MR) is 76.6 cm³/mol. The maximum Gasteiger partial charge on any atom is 0.139 e. The van der Waals surface area contributed by atoms with Crippen molar-refractivity contribution in [2.24, 2.45) is 5.41 Å². The second kappa shape index (κ2) is 6.86. The first-order valence-corrected chi connectivity index (χ1v) is 6.67. The molecule has 0 aromatic heterocycles. The van der Waals surface area contributed by atoms with Crippen LogP contribution in [0.2, 0.25) is 5.02 Å². The van der Waals surface area contributed by atoms with Crippen molar-refractivity contribution in [2.45, 2.75) is 26.7 Å². The van der Waals surface area contributed by atoms with Crippen molar-refractivity contribution in [3.05, 3.63) is 23.2 Å². The van der Waals surface area contributed by atoms with Crippen LogP contribution in [0.15, 0.2) is 18.2 Å². The molecule has 1 aromatic rings. The quantitative estimate of drug-likeness (QED) is 0.797. The smallest absolute Gasteiger partial charge is 0.139 e. The van der Waals surface area contributed by atoms with E-state index in [1.807, 2.05) is 12.1 Å². The summed E-state index contributed by atoms with van der Waals surface area (Å²) in [4.78, 5) is 0. The minimum Gasteiger partial charge on any atom is -0.495 e. The first kappa shape index (κ1) is 15.1. The summed E-state index contributed by atoms with van der Waals surface area (Å²) in [7, 11) is 1.60. The molecule has 1 rings (SSSR count). The lowest BCUT2D eigenvalue weighted by molar-refractivity contribution is 0.127. The number of aliphatic hydroxyl groups excluding tert-OH is 1. The van der Waals surface area contributed by atoms with Gasteiger partial charge in [-0.1, -0.05) is 25.4 Å². The van der Waals surface area contributed by atoms with E-state index in [0.717, 1.165) is 25.1 Å². The van der Waals surface area contributed by atoms with Crippen LogP contribution < -0.4 is 10.1 Å². The number of hydrogen-bond acceptors (Lipinski definition) is 3. The molecule has 2 N–H and O–H groups in total. The summed E-state index contributed by atoms with van der Waals surface area (Å²) in [6.45, 7) is 5.13. The van der Waals surface area contributed by atoms with Crippen LogP contribution in [-0.2, 0) is 0 Å². The van der Waals surface area contributed by atoms with Crippen molar-refractivity contribution in [3.8, 4) is 5.75 Å². The molecule has 0 atom stereocenters. The summed E-state index contributed by atoms with van der Waals surface area (Å²) in [6, 6.07) is 5.59. The topological polar surface area (TPSA) is 41.5 Å². The molecule has 0 saturated heterocycles. The maximum absolute atomic E-state index is 9.51. The fraction of sp³-hybridized carbons (Fsp3) is 0.571. The Morgan fingerprint density at radius 2 is 2.00 bits per heavy atom. The Hall–Kier alpha value is -0.930. The zero-order chi connectivity index (χ0) is 13.6. The summed E-state index contributed by atoms with van der Waals surface area (Å²) in [5.74, 6) is 0.657. The van der Waals surface area contributed by atoms with Crippen molar-refractivity contribution in [3.63, 3.8) is 0 Å². The number of hydrogen-bond donors (Lipinski definition) is 2. The second-order valence-corrected chi connectivity index (χ2v) is 4.98. The Morgan fingerprint density at radius 3 is 2.50 bits per heavy atom. The van der Waals surface area contributed by atoms with Gasteiger partial charge in [-0.25, -0.2) is 0 Å². The number of benzene rings is 1. The van der Waals surface area contributed by atoms with E-state index in [1.54, 1.807) is 13.2 Å². The molecular formula is C14H22ClNO2. The molecule has 0 heterocycles. The third-order valence-electron chi connectivity index (χ3n) is 3.65. The Kier molecular flexibility index (Phi) is 5.76. The van der Waals surface area contributed by atoms with Gasteiger partial charge in [0.25, 0.3) is 0 Å². The van der Waals surface area contributed by atoms with Gasteiger partial charge >= 0.3 is 0 Å². The molecule has 0 aliphatic rings. The second-order valence-electron chi connectivity index (χ2n) is 4.57. The molecule has 0 bridgehead atoms. The highest BCUT2D eigenvalue weighted by molar-refractivity contribution is 6.32. The van der Waals surface area contributed by atoms with E-state index in [0.29, 0.717) is 10.8 Å². The molecule has 0 unspecified atom stereocenters. The average Bonchev–Trinajstić information content (AvgIpc) is 2.42. The van der Waals surface area contributed by atoms with Gasteiger partial charge in [-0.3, -0.25) is 0 Å². The van der Waals surface area contributed by atoms with E-state index < -0.39 is 0 Å². The standard InChI is InChI=1S/C14H22ClNO2/c1-4-14(5-2,10-17)9-16-11-6-7-12(15)13(8-11)18-3/h6-8,16-17H,4-5,9-10H2,1-3H3. The monoisotopic (exact) mass is 271 g/mol. The molecule has 0 radical (unpaired) electrons. The first-order chi connectivity index (χ1) is 8.60. The fourth-order valence-electron chi connectivity index (χ4n) is 1.84. The van der Waals surface area contributed by atoms with Gasteiger partial charge in [0, 0.05) is 23.7 Å². The van der Waals surface area contributed by atoms with E-state index in [2.05, 4.69) is 19.2 Å². The number of ether oxygens (including phenoxy) is 1. The van der Waals surface area contributed by atoms with Crippen molar-refractivity contribution >= 4 is 17.3 Å². The van der Waals surface area contributed by atoms with Gasteiger partial charge in [-0.15, -0.1) is 0 Å². The van der Waals surface area contributed by atoms with Crippen LogP contribution in [0.1, 0.15) is 26.7 Å². The van der Waals surface area contributed by atoms with Crippen molar-refractivity contribution in [2.75, 3.05) is 25.6 Å². The Morgan fingerprint density at radius 1 is 1.33 bits per heavy atom. The number of rotatable bonds is 7. The van der Waals surface area contributed by atoms with E-state index in [4.69, 9.17) is 16.3 Å². The third kappa shape index (κ3) is 3.53. The molecule has 0 saturated carbocycles. The molecule has 0 fully saturated rings. The van der Waals surface area contributed by atoms with Crippen LogP contribution in [-0.4, -0.2) is 25.4 Å². The van der Waals surface area contributed by atoms with E-state index >= 15 is 0 Å². The van der Waals surface area contributed by atoms with E-state index in [1.165, 1.54) is 0 Å². The molecule has 0 amide bonds. The Bertz CT molecular complexity index is 370. The molecule has 18 heavy (non-hydrogen) atoms. The Balaban J connectivity index is 2.73. The van der Waals surface area contributed by atoms with E-state index in [9.17, 15) is 5.11 Å². The van der Waals surface area contributed by atoms with Gasteiger partial charge in [0.15, 0.2) is 0 Å². The largest absolute Gasteiger partial charge is 0.495 e. The van der Waals surface area contributed by atoms with Gasteiger partial charge in [-0.2, -0.15) is 0 Å². The maximum atomic E-state index is 9.51. The van der Waals surface area contributed by atoms with Crippen LogP contribution in [0.5, 0.6) is 5.75 Å². The summed E-state index contributed by atoms with van der Waals surface area (Å²) in [5, 5.41) is 13.5. The predicted octanol–water partition coefficient (Wildman–Crippen LogP) is 3.56. The number of aliphatic hydroxyl groups is 1. The fourth-order valence-corrected chi connectivity index (χ4v) is 2.03. The first-order valence-electron chi connectivity index (χ1n) is 6.29. The molecule has 3 nitrogen and oxygen atoms in total. The van der Waals surface area contributed by atoms with E-state index in [-0.39, 0.29) is 12.0 Å². The molecule has 1 aromatic carbocycles. The average molecular weight is 272 g/mol. The van der Waals surface area contributed by atoms with Crippen molar-refractivity contribution in [1.82, 2.24) is 0 Å². The summed E-state index contributed by atoms with van der Waals surface area (Å²) >= 11 is 5.98. The third-order valence-corrected chi connectivity index (χ3v) is 3.97. The summed E-state index contributed by atoms with van der Waals surface area (Å²) in [6.07, 6.45) is 1.88. The lowest BCUT2D eigenvalue weighted by Crippen LogP contribution is -2.32. The zero-order valence-corrected chi connectivity index (χ0v) is 12.0. The molecule has 102 valence electrons. The molecular weight excluding hydrogens is 250 g/mol. The van der Waals surface area contributed by atoms with Crippen molar-refractivity contribution < 1.29 is 9.84 Å². The van der Waals surface area contributed by atoms with Crippen LogP contribution >= 0.6 is 11.6 Å². The summed E-state index contributed by atoms with van der Waals surface area (Å²) < 4.78 is 5.18. The number of halogens is 1.